The summed E-state index contributed by atoms with van der Waals surface area (Å²) in [6, 6.07) is 6.08. The highest BCUT2D eigenvalue weighted by atomic mass is 16.5. The van der Waals surface area contributed by atoms with Gasteiger partial charge in [0.25, 0.3) is 0 Å². The van der Waals surface area contributed by atoms with E-state index in [1.807, 2.05) is 37.3 Å². The van der Waals surface area contributed by atoms with Crippen LogP contribution in [0.15, 0.2) is 30.4 Å². The number of hydrogen-bond donors (Lipinski definition) is 1. The molecule has 0 spiro atoms. The van der Waals surface area contributed by atoms with Crippen LogP contribution >= 0.6 is 0 Å². The predicted molar refractivity (Wildman–Crippen MR) is 54.9 cm³/mol. The number of hydrogen-bond acceptors (Lipinski definition) is 2. The van der Waals surface area contributed by atoms with Crippen molar-refractivity contribution in [1.82, 2.24) is 0 Å². The Morgan fingerprint density at radius 3 is 3.00 bits per heavy atom. The zero-order valence-corrected chi connectivity index (χ0v) is 8.23. The van der Waals surface area contributed by atoms with Crippen molar-refractivity contribution in [2.24, 2.45) is 0 Å². The molecule has 1 aromatic carbocycles. The molecule has 2 heteroatoms. The summed E-state index contributed by atoms with van der Waals surface area (Å²) in [6.07, 6.45) is 4.06. The Bertz CT molecular complexity index is 355. The summed E-state index contributed by atoms with van der Waals surface area (Å²) in [5.41, 5.74) is 3.20. The third-order valence-electron chi connectivity index (χ3n) is 2.46. The first-order valence-corrected chi connectivity index (χ1v) is 4.80. The topological polar surface area (TPSA) is 29.5 Å². The first-order valence-electron chi connectivity index (χ1n) is 4.80. The van der Waals surface area contributed by atoms with Crippen molar-refractivity contribution in [2.45, 2.75) is 19.6 Å². The lowest BCUT2D eigenvalue weighted by molar-refractivity contribution is 0.127. The number of aryl methyl sites for hydroxylation is 1. The zero-order chi connectivity index (χ0) is 9.97. The van der Waals surface area contributed by atoms with Crippen LogP contribution in [0.3, 0.4) is 0 Å². The van der Waals surface area contributed by atoms with E-state index in [0.29, 0.717) is 6.61 Å². The van der Waals surface area contributed by atoms with E-state index >= 15 is 0 Å². The van der Waals surface area contributed by atoms with Gasteiger partial charge in [0, 0.05) is 0 Å². The summed E-state index contributed by atoms with van der Waals surface area (Å²) < 4.78 is 5.50. The summed E-state index contributed by atoms with van der Waals surface area (Å²) in [7, 11) is 0. The van der Waals surface area contributed by atoms with E-state index in [-0.39, 0.29) is 12.7 Å². The van der Waals surface area contributed by atoms with Crippen molar-refractivity contribution >= 4 is 0 Å². The van der Waals surface area contributed by atoms with Gasteiger partial charge in [-0.1, -0.05) is 35.9 Å². The van der Waals surface area contributed by atoms with Crippen LogP contribution in [0.5, 0.6) is 0 Å². The van der Waals surface area contributed by atoms with E-state index in [0.717, 1.165) is 11.1 Å². The molecule has 0 aliphatic carbocycles. The highest BCUT2D eigenvalue weighted by molar-refractivity contribution is 5.35. The molecule has 0 aromatic heterocycles. The summed E-state index contributed by atoms with van der Waals surface area (Å²) >= 11 is 0. The van der Waals surface area contributed by atoms with E-state index in [4.69, 9.17) is 4.74 Å². The maximum atomic E-state index is 9.22. The number of aliphatic hydroxyl groups excluding tert-OH is 1. The van der Waals surface area contributed by atoms with Crippen LogP contribution in [0.1, 0.15) is 22.8 Å². The lowest BCUT2D eigenvalue weighted by Gasteiger charge is -2.13. The standard InChI is InChI=1S/C12H14O2/c1-9-4-5-11(10(7-9)8-13)12-3-2-6-14-12/h2-5,7,12-13H,6,8H2,1H3. The van der Waals surface area contributed by atoms with Gasteiger partial charge in [-0.3, -0.25) is 0 Å². The molecule has 0 bridgehead atoms. The van der Waals surface area contributed by atoms with E-state index in [9.17, 15) is 5.11 Å². The van der Waals surface area contributed by atoms with Crippen LogP contribution in [0, 0.1) is 6.92 Å². The van der Waals surface area contributed by atoms with Crippen molar-refractivity contribution in [3.8, 4) is 0 Å². The first kappa shape index (κ1) is 9.44. The number of ether oxygens (including phenoxy) is 1. The van der Waals surface area contributed by atoms with Gasteiger partial charge in [-0.25, -0.2) is 0 Å². The smallest absolute Gasteiger partial charge is 0.101 e. The molecule has 1 N–H and O–H groups in total. The first-order chi connectivity index (χ1) is 6.81. The van der Waals surface area contributed by atoms with Crippen LogP contribution < -0.4 is 0 Å². The molecule has 0 amide bonds. The van der Waals surface area contributed by atoms with E-state index in [1.165, 1.54) is 5.56 Å². The Kier molecular flexibility index (Phi) is 2.66. The number of rotatable bonds is 2. The maximum Gasteiger partial charge on any atom is 0.101 e. The van der Waals surface area contributed by atoms with Gasteiger partial charge in [0.15, 0.2) is 0 Å². The molecule has 1 heterocycles. The monoisotopic (exact) mass is 190 g/mol. The third-order valence-corrected chi connectivity index (χ3v) is 2.46. The molecular formula is C12H14O2. The largest absolute Gasteiger partial charge is 0.392 e. The number of aliphatic hydroxyl groups is 1. The molecule has 1 unspecified atom stereocenters. The summed E-state index contributed by atoms with van der Waals surface area (Å²) in [6.45, 7) is 2.77. The Morgan fingerprint density at radius 1 is 1.50 bits per heavy atom. The van der Waals surface area contributed by atoms with Gasteiger partial charge in [-0.15, -0.1) is 0 Å². The Morgan fingerprint density at radius 2 is 2.36 bits per heavy atom. The fourth-order valence-electron chi connectivity index (χ4n) is 1.74. The van der Waals surface area contributed by atoms with Gasteiger partial charge < -0.3 is 9.84 Å². The van der Waals surface area contributed by atoms with Crippen LogP contribution in [0.25, 0.3) is 0 Å². The van der Waals surface area contributed by atoms with Gasteiger partial charge in [-0.05, 0) is 18.1 Å². The molecule has 2 rings (SSSR count). The normalized spacial score (nSPS) is 20.3. The minimum absolute atomic E-state index is 0.0257. The Hall–Kier alpha value is -1.12. The fraction of sp³-hybridized carbons (Fsp3) is 0.333. The van der Waals surface area contributed by atoms with Gasteiger partial charge >= 0.3 is 0 Å². The molecule has 0 saturated carbocycles. The SMILES string of the molecule is Cc1ccc(C2C=CCO2)c(CO)c1. The van der Waals surface area contributed by atoms with Crippen LogP contribution in [0.4, 0.5) is 0 Å². The van der Waals surface area contributed by atoms with E-state index in [1.54, 1.807) is 0 Å². The number of benzene rings is 1. The summed E-state index contributed by atoms with van der Waals surface area (Å²) in [5, 5.41) is 9.22. The predicted octanol–water partition coefficient (Wildman–Crippen LogP) is 2.11. The molecule has 1 aromatic rings. The molecule has 0 fully saturated rings. The molecule has 0 saturated heterocycles. The van der Waals surface area contributed by atoms with Gasteiger partial charge in [0.05, 0.1) is 13.2 Å². The zero-order valence-electron chi connectivity index (χ0n) is 8.23. The van der Waals surface area contributed by atoms with Crippen molar-refractivity contribution in [2.75, 3.05) is 6.61 Å². The minimum atomic E-state index is 0.0257. The second-order valence-electron chi connectivity index (χ2n) is 3.54. The van der Waals surface area contributed by atoms with Crippen LogP contribution in [-0.2, 0) is 11.3 Å². The van der Waals surface area contributed by atoms with Gasteiger partial charge in [0.2, 0.25) is 0 Å². The fourth-order valence-corrected chi connectivity index (χ4v) is 1.74. The highest BCUT2D eigenvalue weighted by Gasteiger charge is 2.15. The van der Waals surface area contributed by atoms with Gasteiger partial charge in [-0.2, -0.15) is 0 Å². The van der Waals surface area contributed by atoms with Gasteiger partial charge in [0.1, 0.15) is 6.10 Å². The molecule has 14 heavy (non-hydrogen) atoms. The van der Waals surface area contributed by atoms with Crippen molar-refractivity contribution < 1.29 is 9.84 Å². The molecule has 74 valence electrons. The van der Waals surface area contributed by atoms with Crippen LogP contribution in [-0.4, -0.2) is 11.7 Å². The Balaban J connectivity index is 2.36. The molecule has 0 radical (unpaired) electrons. The molecule has 2 nitrogen and oxygen atoms in total. The lowest BCUT2D eigenvalue weighted by Crippen LogP contribution is -2.01. The average Bonchev–Trinajstić information content (AvgIpc) is 2.70. The second kappa shape index (κ2) is 3.95. The minimum Gasteiger partial charge on any atom is -0.392 e. The molecule has 1 aliphatic rings. The van der Waals surface area contributed by atoms with Crippen molar-refractivity contribution in [3.63, 3.8) is 0 Å². The molecule has 1 atom stereocenters. The van der Waals surface area contributed by atoms with E-state index < -0.39 is 0 Å². The lowest BCUT2D eigenvalue weighted by atomic mass is 10.0. The molecule has 1 aliphatic heterocycles. The van der Waals surface area contributed by atoms with Crippen molar-refractivity contribution in [3.05, 3.63) is 47.0 Å². The second-order valence-corrected chi connectivity index (χ2v) is 3.54. The van der Waals surface area contributed by atoms with E-state index in [2.05, 4.69) is 0 Å². The van der Waals surface area contributed by atoms with Crippen molar-refractivity contribution in [1.29, 1.82) is 0 Å². The Labute approximate surface area is 83.8 Å². The molecular weight excluding hydrogens is 176 g/mol. The highest BCUT2D eigenvalue weighted by Crippen LogP contribution is 2.26. The quantitative estimate of drug-likeness (QED) is 0.724. The average molecular weight is 190 g/mol. The summed E-state index contributed by atoms with van der Waals surface area (Å²) in [5.74, 6) is 0. The van der Waals surface area contributed by atoms with Crippen LogP contribution in [0.2, 0.25) is 0 Å². The maximum absolute atomic E-state index is 9.22. The summed E-state index contributed by atoms with van der Waals surface area (Å²) in [4.78, 5) is 0. The third kappa shape index (κ3) is 1.72.